The molecule has 0 amide bonds. The molecule has 0 aliphatic carbocycles. The lowest BCUT2D eigenvalue weighted by molar-refractivity contribution is 0.148. The monoisotopic (exact) mass is 333 g/mol. The Labute approximate surface area is 132 Å². The van der Waals surface area contributed by atoms with Gasteiger partial charge in [0.1, 0.15) is 5.15 Å². The molecule has 0 aromatic carbocycles. The number of nitrogens with zero attached hydrogens (tertiary/aromatic N) is 3. The summed E-state index contributed by atoms with van der Waals surface area (Å²) < 4.78 is 0. The zero-order valence-corrected chi connectivity index (χ0v) is 13.4. The van der Waals surface area contributed by atoms with Crippen LogP contribution in [-0.2, 0) is 6.54 Å². The van der Waals surface area contributed by atoms with Crippen molar-refractivity contribution in [3.05, 3.63) is 29.0 Å². The molecule has 2 heterocycles. The lowest BCUT2D eigenvalue weighted by Gasteiger charge is -2.32. The molecule has 1 aromatic heterocycles. The minimum absolute atomic E-state index is 0. The van der Waals surface area contributed by atoms with E-state index in [1.807, 2.05) is 18.3 Å². The van der Waals surface area contributed by atoms with E-state index in [1.165, 1.54) is 5.56 Å². The fourth-order valence-electron chi connectivity index (χ4n) is 1.76. The fraction of sp³-hybridized carbons (Fsp3) is 0.545. The van der Waals surface area contributed by atoms with E-state index in [2.05, 4.69) is 21.8 Å². The van der Waals surface area contributed by atoms with Gasteiger partial charge in [0.15, 0.2) is 0 Å². The van der Waals surface area contributed by atoms with E-state index in [-0.39, 0.29) is 37.2 Å². The van der Waals surface area contributed by atoms with Gasteiger partial charge in [0.25, 0.3) is 0 Å². The highest BCUT2D eigenvalue weighted by atomic mass is 35.5. The zero-order valence-electron chi connectivity index (χ0n) is 10.2. The first-order valence-corrected chi connectivity index (χ1v) is 5.63. The highest BCUT2D eigenvalue weighted by molar-refractivity contribution is 6.29. The van der Waals surface area contributed by atoms with Crippen LogP contribution in [0.2, 0.25) is 5.15 Å². The predicted molar refractivity (Wildman–Crippen MR) is 83.8 cm³/mol. The van der Waals surface area contributed by atoms with Gasteiger partial charge in [-0.25, -0.2) is 4.98 Å². The van der Waals surface area contributed by atoms with Crippen molar-refractivity contribution in [2.75, 3.05) is 33.2 Å². The molecule has 0 unspecified atom stereocenters. The van der Waals surface area contributed by atoms with Crippen LogP contribution in [0.1, 0.15) is 5.56 Å². The number of likely N-dealkylation sites (N-methyl/N-ethyl adjacent to an activating group) is 1. The van der Waals surface area contributed by atoms with Gasteiger partial charge < -0.3 is 4.90 Å². The Hall–Kier alpha value is 0.230. The van der Waals surface area contributed by atoms with Gasteiger partial charge >= 0.3 is 0 Å². The smallest absolute Gasteiger partial charge is 0.129 e. The summed E-state index contributed by atoms with van der Waals surface area (Å²) in [7, 11) is 2.17. The van der Waals surface area contributed by atoms with Crippen LogP contribution in [-0.4, -0.2) is 48.0 Å². The Morgan fingerprint density at radius 2 is 1.72 bits per heavy atom. The molecule has 0 atom stereocenters. The molecule has 0 N–H and O–H groups in total. The highest BCUT2D eigenvalue weighted by Crippen LogP contribution is 2.09. The molecular weight excluding hydrogens is 316 g/mol. The van der Waals surface area contributed by atoms with Gasteiger partial charge in [-0.15, -0.1) is 37.2 Å². The second-order valence-electron chi connectivity index (χ2n) is 4.07. The van der Waals surface area contributed by atoms with Crippen LogP contribution in [0.25, 0.3) is 0 Å². The summed E-state index contributed by atoms with van der Waals surface area (Å²) in [5, 5.41) is 0.567. The van der Waals surface area contributed by atoms with Gasteiger partial charge in [0.05, 0.1) is 0 Å². The fourth-order valence-corrected chi connectivity index (χ4v) is 1.88. The van der Waals surface area contributed by atoms with Crippen molar-refractivity contribution >= 4 is 48.8 Å². The van der Waals surface area contributed by atoms with Crippen molar-refractivity contribution in [2.45, 2.75) is 6.54 Å². The third-order valence-electron chi connectivity index (χ3n) is 2.79. The van der Waals surface area contributed by atoms with Crippen molar-refractivity contribution in [3.63, 3.8) is 0 Å². The summed E-state index contributed by atoms with van der Waals surface area (Å²) in [5.74, 6) is 0. The van der Waals surface area contributed by atoms with Crippen LogP contribution in [0.3, 0.4) is 0 Å². The van der Waals surface area contributed by atoms with Crippen LogP contribution in [0, 0.1) is 0 Å². The number of rotatable bonds is 2. The van der Waals surface area contributed by atoms with E-state index in [0.29, 0.717) is 5.15 Å². The molecule has 7 heteroatoms. The molecule has 106 valence electrons. The average molecular weight is 335 g/mol. The first-order valence-electron chi connectivity index (χ1n) is 5.25. The topological polar surface area (TPSA) is 19.4 Å². The summed E-state index contributed by atoms with van der Waals surface area (Å²) in [6.45, 7) is 5.57. The number of hydrogen-bond acceptors (Lipinski definition) is 3. The molecule has 3 nitrogen and oxygen atoms in total. The van der Waals surface area contributed by atoms with Crippen LogP contribution in [0.4, 0.5) is 0 Å². The van der Waals surface area contributed by atoms with E-state index in [4.69, 9.17) is 11.6 Å². The minimum atomic E-state index is 0. The Morgan fingerprint density at radius 1 is 1.11 bits per heavy atom. The van der Waals surface area contributed by atoms with Crippen LogP contribution < -0.4 is 0 Å². The summed E-state index contributed by atoms with van der Waals surface area (Å²) in [4.78, 5) is 8.89. The number of piperazine rings is 1. The molecule has 0 saturated carbocycles. The first-order chi connectivity index (χ1) is 7.24. The summed E-state index contributed by atoms with van der Waals surface area (Å²) in [6.07, 6.45) is 1.86. The number of hydrogen-bond donors (Lipinski definition) is 0. The van der Waals surface area contributed by atoms with Crippen LogP contribution >= 0.6 is 48.8 Å². The number of pyridine rings is 1. The highest BCUT2D eigenvalue weighted by Gasteiger charge is 2.13. The van der Waals surface area contributed by atoms with Crippen molar-refractivity contribution in [3.8, 4) is 0 Å². The molecule has 1 fully saturated rings. The average Bonchev–Trinajstić information content (AvgIpc) is 2.25. The van der Waals surface area contributed by atoms with Crippen molar-refractivity contribution in [1.82, 2.24) is 14.8 Å². The first kappa shape index (κ1) is 20.5. The normalized spacial score (nSPS) is 16.1. The van der Waals surface area contributed by atoms with Gasteiger partial charge in [-0.05, 0) is 18.7 Å². The SMILES string of the molecule is CN1CCN(Cc2ccc(Cl)nc2)CC1.Cl.Cl.Cl. The lowest BCUT2D eigenvalue weighted by atomic mass is 10.2. The van der Waals surface area contributed by atoms with Gasteiger partial charge in [-0.2, -0.15) is 0 Å². The standard InChI is InChI=1S/C11H16ClN3.3ClH/c1-14-4-6-15(7-5-14)9-10-2-3-11(12)13-8-10;;;/h2-3,8H,4-7,9H2,1H3;3*1H. The second kappa shape index (κ2) is 10.1. The Balaban J connectivity index is 0. The molecule has 0 radical (unpaired) electrons. The molecular formula is C11H19Cl4N3. The molecule has 18 heavy (non-hydrogen) atoms. The van der Waals surface area contributed by atoms with Gasteiger partial charge in [0.2, 0.25) is 0 Å². The number of aromatic nitrogens is 1. The number of halogens is 4. The third kappa shape index (κ3) is 6.41. The minimum Gasteiger partial charge on any atom is -0.304 e. The van der Waals surface area contributed by atoms with Crippen molar-refractivity contribution in [2.24, 2.45) is 0 Å². The van der Waals surface area contributed by atoms with Crippen molar-refractivity contribution in [1.29, 1.82) is 0 Å². The van der Waals surface area contributed by atoms with E-state index in [0.717, 1.165) is 32.7 Å². The van der Waals surface area contributed by atoms with Gasteiger partial charge in [-0.3, -0.25) is 4.90 Å². The maximum absolute atomic E-state index is 5.74. The van der Waals surface area contributed by atoms with Gasteiger partial charge in [0, 0.05) is 38.9 Å². The quantitative estimate of drug-likeness (QED) is 0.775. The molecule has 1 aliphatic heterocycles. The van der Waals surface area contributed by atoms with Crippen LogP contribution in [0.15, 0.2) is 18.3 Å². The largest absolute Gasteiger partial charge is 0.304 e. The Bertz CT molecular complexity index is 313. The van der Waals surface area contributed by atoms with Crippen LogP contribution in [0.5, 0.6) is 0 Å². The molecule has 1 saturated heterocycles. The maximum Gasteiger partial charge on any atom is 0.129 e. The molecule has 2 rings (SSSR count). The summed E-state index contributed by atoms with van der Waals surface area (Å²) >= 11 is 5.74. The molecule has 0 spiro atoms. The Kier molecular flexibility index (Phi) is 11.5. The zero-order chi connectivity index (χ0) is 10.7. The van der Waals surface area contributed by atoms with E-state index in [9.17, 15) is 0 Å². The summed E-state index contributed by atoms with van der Waals surface area (Å²) in [6, 6.07) is 3.90. The molecule has 0 bridgehead atoms. The van der Waals surface area contributed by atoms with Gasteiger partial charge in [-0.1, -0.05) is 17.7 Å². The lowest BCUT2D eigenvalue weighted by Crippen LogP contribution is -2.43. The summed E-state index contributed by atoms with van der Waals surface area (Å²) in [5.41, 5.74) is 1.24. The maximum atomic E-state index is 5.74. The molecule has 1 aromatic rings. The predicted octanol–water partition coefficient (Wildman–Crippen LogP) is 2.75. The second-order valence-corrected chi connectivity index (χ2v) is 4.46. The molecule has 1 aliphatic rings. The van der Waals surface area contributed by atoms with E-state index >= 15 is 0 Å². The van der Waals surface area contributed by atoms with Crippen molar-refractivity contribution < 1.29 is 0 Å². The van der Waals surface area contributed by atoms with E-state index < -0.39 is 0 Å². The van der Waals surface area contributed by atoms with E-state index in [1.54, 1.807) is 0 Å². The third-order valence-corrected chi connectivity index (χ3v) is 3.01. The Morgan fingerprint density at radius 3 is 2.22 bits per heavy atom.